The first kappa shape index (κ1) is 13.7. The first-order valence-electron chi connectivity index (χ1n) is 5.44. The zero-order chi connectivity index (χ0) is 11.1. The lowest BCUT2D eigenvalue weighted by molar-refractivity contribution is 0.842. The lowest BCUT2D eigenvalue weighted by Gasteiger charge is -2.12. The van der Waals surface area contributed by atoms with Crippen molar-refractivity contribution in [2.45, 2.75) is 47.0 Å². The summed E-state index contributed by atoms with van der Waals surface area (Å²) in [5.41, 5.74) is 2.92. The number of halogens is 1. The molecule has 1 aromatic carbocycles. The quantitative estimate of drug-likeness (QED) is 0.686. The van der Waals surface area contributed by atoms with Gasteiger partial charge in [0.05, 0.1) is 0 Å². The van der Waals surface area contributed by atoms with E-state index in [-0.39, 0.29) is 0 Å². The van der Waals surface area contributed by atoms with Crippen LogP contribution in [0.4, 0.5) is 0 Å². The average Bonchev–Trinajstić information content (AvgIpc) is 2.20. The van der Waals surface area contributed by atoms with Crippen molar-refractivity contribution in [1.82, 2.24) is 0 Å². The van der Waals surface area contributed by atoms with Crippen molar-refractivity contribution in [3.05, 3.63) is 33.8 Å². The Hall–Kier alpha value is -0.300. The fraction of sp³-hybridized carbons (Fsp3) is 0.538. The molecule has 0 aliphatic carbocycles. The molecule has 0 nitrogen and oxygen atoms in total. The summed E-state index contributed by atoms with van der Waals surface area (Å²) >= 11 is 3.58. The Balaban J connectivity index is 0.000000791. The van der Waals surface area contributed by atoms with Gasteiger partial charge in [0.1, 0.15) is 0 Å². The fourth-order valence-corrected chi connectivity index (χ4v) is 2.15. The van der Waals surface area contributed by atoms with Crippen molar-refractivity contribution in [3.63, 3.8) is 0 Å². The highest BCUT2D eigenvalue weighted by molar-refractivity contribution is 9.10. The third-order valence-corrected chi connectivity index (χ3v) is 2.87. The SMILES string of the molecule is CC.CCc1c(Br)cccc1C(C)C. The third kappa shape index (κ3) is 3.45. The van der Waals surface area contributed by atoms with E-state index in [0.717, 1.165) is 6.42 Å². The smallest absolute Gasteiger partial charge is 0.0210 e. The van der Waals surface area contributed by atoms with Crippen LogP contribution >= 0.6 is 15.9 Å². The molecule has 0 radical (unpaired) electrons. The molecule has 0 N–H and O–H groups in total. The van der Waals surface area contributed by atoms with Gasteiger partial charge in [-0.1, -0.05) is 62.7 Å². The average molecular weight is 257 g/mol. The largest absolute Gasteiger partial charge is 0.0683 e. The third-order valence-electron chi connectivity index (χ3n) is 2.13. The summed E-state index contributed by atoms with van der Waals surface area (Å²) in [5.74, 6) is 0.623. The van der Waals surface area contributed by atoms with Crippen molar-refractivity contribution < 1.29 is 0 Å². The van der Waals surface area contributed by atoms with Crippen LogP contribution in [0.15, 0.2) is 22.7 Å². The molecule has 0 saturated heterocycles. The molecule has 0 bridgehead atoms. The predicted molar refractivity (Wildman–Crippen MR) is 69.0 cm³/mol. The highest BCUT2D eigenvalue weighted by atomic mass is 79.9. The molecule has 1 aromatic rings. The van der Waals surface area contributed by atoms with Gasteiger partial charge >= 0.3 is 0 Å². The fourth-order valence-electron chi connectivity index (χ4n) is 1.49. The van der Waals surface area contributed by atoms with Crippen molar-refractivity contribution in [3.8, 4) is 0 Å². The molecule has 0 aliphatic rings. The molecule has 1 heteroatoms. The number of hydrogen-bond acceptors (Lipinski definition) is 0. The zero-order valence-electron chi connectivity index (χ0n) is 9.89. The van der Waals surface area contributed by atoms with E-state index in [1.807, 2.05) is 13.8 Å². The van der Waals surface area contributed by atoms with Crippen molar-refractivity contribution in [1.29, 1.82) is 0 Å². The molecular weight excluding hydrogens is 236 g/mol. The van der Waals surface area contributed by atoms with Gasteiger partial charge in [0.2, 0.25) is 0 Å². The number of hydrogen-bond donors (Lipinski definition) is 0. The van der Waals surface area contributed by atoms with Crippen LogP contribution < -0.4 is 0 Å². The van der Waals surface area contributed by atoms with Gasteiger partial charge in [-0.3, -0.25) is 0 Å². The van der Waals surface area contributed by atoms with Crippen LogP contribution in [0.2, 0.25) is 0 Å². The zero-order valence-corrected chi connectivity index (χ0v) is 11.5. The molecule has 0 amide bonds. The Morgan fingerprint density at radius 2 is 1.79 bits per heavy atom. The Bertz CT molecular complexity index is 264. The Kier molecular flexibility index (Phi) is 6.90. The standard InChI is InChI=1S/C11H15Br.C2H6/c1-4-9-10(8(2)3)6-5-7-11(9)12;1-2/h5-8H,4H2,1-3H3;1-2H3. The topological polar surface area (TPSA) is 0 Å². The predicted octanol–water partition coefficient (Wildman–Crippen LogP) is 5.16. The first-order chi connectivity index (χ1) is 6.66. The molecule has 0 aliphatic heterocycles. The van der Waals surface area contributed by atoms with Crippen LogP contribution in [0.1, 0.15) is 51.7 Å². The van der Waals surface area contributed by atoms with Crippen LogP contribution in [-0.4, -0.2) is 0 Å². The van der Waals surface area contributed by atoms with Crippen molar-refractivity contribution in [2.24, 2.45) is 0 Å². The normalized spacial score (nSPS) is 9.64. The van der Waals surface area contributed by atoms with Gasteiger partial charge in [-0.25, -0.2) is 0 Å². The maximum Gasteiger partial charge on any atom is 0.0210 e. The lowest BCUT2D eigenvalue weighted by atomic mass is 9.96. The second-order valence-corrected chi connectivity index (χ2v) is 4.17. The molecule has 14 heavy (non-hydrogen) atoms. The minimum Gasteiger partial charge on any atom is -0.0683 e. The monoisotopic (exact) mass is 256 g/mol. The van der Waals surface area contributed by atoms with Gasteiger partial charge < -0.3 is 0 Å². The highest BCUT2D eigenvalue weighted by Gasteiger charge is 2.06. The maximum atomic E-state index is 3.58. The molecule has 0 fully saturated rings. The summed E-state index contributed by atoms with van der Waals surface area (Å²) < 4.78 is 1.25. The molecule has 0 atom stereocenters. The summed E-state index contributed by atoms with van der Waals surface area (Å²) in [5, 5.41) is 0. The van der Waals surface area contributed by atoms with Crippen molar-refractivity contribution in [2.75, 3.05) is 0 Å². The van der Waals surface area contributed by atoms with E-state index in [0.29, 0.717) is 5.92 Å². The second-order valence-electron chi connectivity index (χ2n) is 3.32. The van der Waals surface area contributed by atoms with Crippen LogP contribution in [0.25, 0.3) is 0 Å². The summed E-state index contributed by atoms with van der Waals surface area (Å²) in [6.07, 6.45) is 1.11. The van der Waals surface area contributed by atoms with Gasteiger partial charge in [-0.05, 0) is 29.5 Å². The van der Waals surface area contributed by atoms with Gasteiger partial charge in [0, 0.05) is 4.47 Å². The van der Waals surface area contributed by atoms with Crippen LogP contribution in [0, 0.1) is 0 Å². The van der Waals surface area contributed by atoms with E-state index in [4.69, 9.17) is 0 Å². The van der Waals surface area contributed by atoms with Crippen LogP contribution in [0.3, 0.4) is 0 Å². The summed E-state index contributed by atoms with van der Waals surface area (Å²) in [6.45, 7) is 10.7. The number of benzene rings is 1. The van der Waals surface area contributed by atoms with Gasteiger partial charge in [0.25, 0.3) is 0 Å². The summed E-state index contributed by atoms with van der Waals surface area (Å²) in [6, 6.07) is 6.44. The van der Waals surface area contributed by atoms with Crippen LogP contribution in [0.5, 0.6) is 0 Å². The van der Waals surface area contributed by atoms with Gasteiger partial charge in [-0.2, -0.15) is 0 Å². The lowest BCUT2D eigenvalue weighted by Crippen LogP contribution is -1.95. The highest BCUT2D eigenvalue weighted by Crippen LogP contribution is 2.26. The maximum absolute atomic E-state index is 3.58. The molecule has 1 rings (SSSR count). The molecular formula is C13H21Br. The molecule has 0 aromatic heterocycles. The first-order valence-corrected chi connectivity index (χ1v) is 6.23. The minimum absolute atomic E-state index is 0.623. The molecule has 0 heterocycles. The van der Waals surface area contributed by atoms with Crippen LogP contribution in [-0.2, 0) is 6.42 Å². The second kappa shape index (κ2) is 7.05. The molecule has 0 spiro atoms. The molecule has 80 valence electrons. The number of rotatable bonds is 2. The molecule has 0 unspecified atom stereocenters. The minimum atomic E-state index is 0.623. The molecule has 0 saturated carbocycles. The Labute approximate surface area is 96.9 Å². The van der Waals surface area contributed by atoms with E-state index in [2.05, 4.69) is 54.9 Å². The summed E-state index contributed by atoms with van der Waals surface area (Å²) in [4.78, 5) is 0. The van der Waals surface area contributed by atoms with Gasteiger partial charge in [-0.15, -0.1) is 0 Å². The van der Waals surface area contributed by atoms with E-state index in [9.17, 15) is 0 Å². The van der Waals surface area contributed by atoms with E-state index >= 15 is 0 Å². The van der Waals surface area contributed by atoms with Gasteiger partial charge in [0.15, 0.2) is 0 Å². The van der Waals surface area contributed by atoms with E-state index in [1.165, 1.54) is 15.6 Å². The van der Waals surface area contributed by atoms with E-state index in [1.54, 1.807) is 0 Å². The Morgan fingerprint density at radius 1 is 1.21 bits per heavy atom. The summed E-state index contributed by atoms with van der Waals surface area (Å²) in [7, 11) is 0. The Morgan fingerprint density at radius 3 is 2.14 bits per heavy atom. The van der Waals surface area contributed by atoms with E-state index < -0.39 is 0 Å². The van der Waals surface area contributed by atoms with Crippen molar-refractivity contribution >= 4 is 15.9 Å².